The zero-order valence-corrected chi connectivity index (χ0v) is 20.8. The number of hydrogen-bond acceptors (Lipinski definition) is 5. The lowest BCUT2D eigenvalue weighted by Gasteiger charge is -2.25. The number of carbonyl (C=O) groups is 1. The second kappa shape index (κ2) is 10.5. The first-order chi connectivity index (χ1) is 17.1. The summed E-state index contributed by atoms with van der Waals surface area (Å²) in [4.78, 5) is 20.3. The minimum absolute atomic E-state index is 0.0646. The lowest BCUT2D eigenvalue weighted by atomic mass is 10.0. The zero-order valence-electron chi connectivity index (χ0n) is 18.4. The molecule has 1 aliphatic rings. The normalized spacial score (nSPS) is 17.3. The smallest absolute Gasteiger partial charge is 0.244 e. The molecule has 6 nitrogen and oxygen atoms in total. The molecule has 0 spiro atoms. The molecule has 0 aliphatic carbocycles. The van der Waals surface area contributed by atoms with E-state index in [0.717, 1.165) is 21.4 Å². The van der Waals surface area contributed by atoms with Crippen LogP contribution in [0.15, 0.2) is 106 Å². The number of nitrogens with one attached hydrogen (secondary N) is 2. The summed E-state index contributed by atoms with van der Waals surface area (Å²) in [6.07, 6.45) is 1.74. The average Bonchev–Trinajstić information content (AvgIpc) is 3.46. The quantitative estimate of drug-likeness (QED) is 0.286. The van der Waals surface area contributed by atoms with Crippen molar-refractivity contribution in [3.05, 3.63) is 108 Å². The summed E-state index contributed by atoms with van der Waals surface area (Å²) in [6, 6.07) is 25.9. The molecule has 2 aromatic heterocycles. The van der Waals surface area contributed by atoms with Gasteiger partial charge in [-0.1, -0.05) is 47.6 Å². The third kappa shape index (κ3) is 5.51. The lowest BCUT2D eigenvalue weighted by Crippen LogP contribution is -2.36. The highest BCUT2D eigenvalue weighted by molar-refractivity contribution is 7.99. The Labute approximate surface area is 217 Å². The standard InChI is InChI=1S/C26H21ClN4O2S2/c27-17-9-11-19(12-10-17)35-23-14-13-21(33-23)25-24(20-8-4-5-15-28-20)30-26(34)31(25)16-22(32)29-18-6-2-1-3-7-18/h1-15,24-25H,16H2,(H,29,32)(H,30,34). The molecule has 0 bridgehead atoms. The molecule has 3 heterocycles. The fourth-order valence-corrected chi connectivity index (χ4v) is 5.14. The topological polar surface area (TPSA) is 70.4 Å². The van der Waals surface area contributed by atoms with Gasteiger partial charge in [-0.25, -0.2) is 0 Å². The van der Waals surface area contributed by atoms with E-state index in [2.05, 4.69) is 15.6 Å². The van der Waals surface area contributed by atoms with Crippen molar-refractivity contribution in [3.63, 3.8) is 0 Å². The summed E-state index contributed by atoms with van der Waals surface area (Å²) in [7, 11) is 0. The third-order valence-electron chi connectivity index (χ3n) is 5.49. The molecule has 5 rings (SSSR count). The molecule has 176 valence electrons. The molecule has 1 fully saturated rings. The molecule has 2 N–H and O–H groups in total. The van der Waals surface area contributed by atoms with Gasteiger partial charge in [0.2, 0.25) is 5.91 Å². The molecular formula is C26H21ClN4O2S2. The summed E-state index contributed by atoms with van der Waals surface area (Å²) in [5, 5.41) is 8.15. The van der Waals surface area contributed by atoms with E-state index in [1.54, 1.807) is 6.20 Å². The Morgan fingerprint density at radius 3 is 2.57 bits per heavy atom. The molecule has 2 atom stereocenters. The number of hydrogen-bond donors (Lipinski definition) is 2. The predicted molar refractivity (Wildman–Crippen MR) is 142 cm³/mol. The first kappa shape index (κ1) is 23.4. The lowest BCUT2D eigenvalue weighted by molar-refractivity contribution is -0.116. The van der Waals surface area contributed by atoms with Crippen molar-refractivity contribution >= 4 is 52.3 Å². The third-order valence-corrected chi connectivity index (χ3v) is 7.03. The van der Waals surface area contributed by atoms with Gasteiger partial charge in [0.1, 0.15) is 18.3 Å². The Kier molecular flexibility index (Phi) is 7.03. The number of carbonyl (C=O) groups excluding carboxylic acids is 1. The highest BCUT2D eigenvalue weighted by atomic mass is 35.5. The van der Waals surface area contributed by atoms with Gasteiger partial charge in [-0.3, -0.25) is 9.78 Å². The van der Waals surface area contributed by atoms with Gasteiger partial charge in [-0.15, -0.1) is 0 Å². The Hall–Kier alpha value is -3.33. The van der Waals surface area contributed by atoms with Crippen LogP contribution < -0.4 is 10.6 Å². The molecule has 2 unspecified atom stereocenters. The van der Waals surface area contributed by atoms with Crippen LogP contribution in [0, 0.1) is 0 Å². The minimum atomic E-state index is -0.349. The number of benzene rings is 2. The first-order valence-corrected chi connectivity index (χ1v) is 12.5. The number of amides is 1. The number of nitrogens with zero attached hydrogens (tertiary/aromatic N) is 2. The van der Waals surface area contributed by atoms with Gasteiger partial charge in [-0.2, -0.15) is 0 Å². The van der Waals surface area contributed by atoms with Gasteiger partial charge < -0.3 is 20.0 Å². The van der Waals surface area contributed by atoms with Crippen molar-refractivity contribution in [2.75, 3.05) is 11.9 Å². The molecule has 1 saturated heterocycles. The fourth-order valence-electron chi connectivity index (χ4n) is 3.93. The highest BCUT2D eigenvalue weighted by Gasteiger charge is 2.42. The van der Waals surface area contributed by atoms with Crippen molar-refractivity contribution in [1.82, 2.24) is 15.2 Å². The largest absolute Gasteiger partial charge is 0.452 e. The van der Waals surface area contributed by atoms with Gasteiger partial charge in [0.05, 0.1) is 11.7 Å². The maximum absolute atomic E-state index is 12.9. The van der Waals surface area contributed by atoms with E-state index in [-0.39, 0.29) is 24.5 Å². The van der Waals surface area contributed by atoms with Gasteiger partial charge >= 0.3 is 0 Å². The fraction of sp³-hybridized carbons (Fsp3) is 0.115. The molecule has 0 radical (unpaired) electrons. The van der Waals surface area contributed by atoms with Crippen LogP contribution in [0.5, 0.6) is 0 Å². The van der Waals surface area contributed by atoms with E-state index >= 15 is 0 Å². The van der Waals surface area contributed by atoms with Crippen molar-refractivity contribution in [3.8, 4) is 0 Å². The Morgan fingerprint density at radius 2 is 1.83 bits per heavy atom. The van der Waals surface area contributed by atoms with Crippen molar-refractivity contribution in [1.29, 1.82) is 0 Å². The minimum Gasteiger partial charge on any atom is -0.452 e. The molecule has 2 aromatic carbocycles. The maximum atomic E-state index is 12.9. The van der Waals surface area contributed by atoms with E-state index in [9.17, 15) is 4.79 Å². The SMILES string of the molecule is O=C(CN1C(=S)NC(c2ccccn2)C1c1ccc(Sc2ccc(Cl)cc2)o1)Nc1ccccc1. The molecule has 1 amide bonds. The average molecular weight is 521 g/mol. The predicted octanol–water partition coefficient (Wildman–Crippen LogP) is 6.09. The Bertz CT molecular complexity index is 1320. The van der Waals surface area contributed by atoms with Gasteiger partial charge in [0.15, 0.2) is 10.2 Å². The Balaban J connectivity index is 1.41. The second-order valence-electron chi connectivity index (χ2n) is 7.88. The van der Waals surface area contributed by atoms with Crippen LogP contribution >= 0.6 is 35.6 Å². The number of pyridine rings is 1. The zero-order chi connectivity index (χ0) is 24.2. The van der Waals surface area contributed by atoms with E-state index in [1.807, 2.05) is 89.8 Å². The second-order valence-corrected chi connectivity index (χ2v) is 9.78. The number of rotatable bonds is 7. The van der Waals surface area contributed by atoms with Gasteiger partial charge in [0.25, 0.3) is 0 Å². The van der Waals surface area contributed by atoms with Gasteiger partial charge in [0, 0.05) is 21.8 Å². The summed E-state index contributed by atoms with van der Waals surface area (Å²) in [6.45, 7) is 0.0646. The summed E-state index contributed by atoms with van der Waals surface area (Å²) >= 11 is 13.2. The Morgan fingerprint density at radius 1 is 1.06 bits per heavy atom. The number of para-hydroxylation sites is 1. The molecule has 9 heteroatoms. The number of thiocarbonyl (C=S) groups is 1. The summed E-state index contributed by atoms with van der Waals surface area (Å²) in [5.41, 5.74) is 1.54. The van der Waals surface area contributed by atoms with Crippen LogP contribution in [-0.2, 0) is 4.79 Å². The number of anilines is 1. The molecule has 4 aromatic rings. The summed E-state index contributed by atoms with van der Waals surface area (Å²) in [5.74, 6) is 0.520. The van der Waals surface area contributed by atoms with Crippen LogP contribution in [0.3, 0.4) is 0 Å². The van der Waals surface area contributed by atoms with Crippen LogP contribution in [0.25, 0.3) is 0 Å². The summed E-state index contributed by atoms with van der Waals surface area (Å²) < 4.78 is 6.26. The molecule has 0 saturated carbocycles. The molecular weight excluding hydrogens is 500 g/mol. The first-order valence-electron chi connectivity index (χ1n) is 10.9. The molecule has 1 aliphatic heterocycles. The van der Waals surface area contributed by atoms with Crippen molar-refractivity contribution in [2.45, 2.75) is 22.1 Å². The number of halogens is 1. The van der Waals surface area contributed by atoms with E-state index in [0.29, 0.717) is 15.9 Å². The van der Waals surface area contributed by atoms with Crippen LogP contribution in [0.2, 0.25) is 5.02 Å². The van der Waals surface area contributed by atoms with Crippen molar-refractivity contribution < 1.29 is 9.21 Å². The van der Waals surface area contributed by atoms with E-state index in [1.165, 1.54) is 11.8 Å². The van der Waals surface area contributed by atoms with E-state index in [4.69, 9.17) is 28.2 Å². The van der Waals surface area contributed by atoms with Crippen molar-refractivity contribution in [2.24, 2.45) is 0 Å². The van der Waals surface area contributed by atoms with Gasteiger partial charge in [-0.05, 0) is 72.9 Å². The maximum Gasteiger partial charge on any atom is 0.244 e. The molecule has 35 heavy (non-hydrogen) atoms. The number of aromatic nitrogens is 1. The van der Waals surface area contributed by atoms with Crippen LogP contribution in [0.1, 0.15) is 23.5 Å². The van der Waals surface area contributed by atoms with Crippen LogP contribution in [0.4, 0.5) is 5.69 Å². The highest BCUT2D eigenvalue weighted by Crippen LogP contribution is 2.41. The number of furan rings is 1. The monoisotopic (exact) mass is 520 g/mol. The van der Waals surface area contributed by atoms with Crippen LogP contribution in [-0.4, -0.2) is 27.4 Å². The van der Waals surface area contributed by atoms with E-state index < -0.39 is 0 Å².